The van der Waals surface area contributed by atoms with E-state index in [4.69, 9.17) is 0 Å². The van der Waals surface area contributed by atoms with Gasteiger partial charge in [-0.05, 0) is 30.7 Å². The van der Waals surface area contributed by atoms with Gasteiger partial charge in [0, 0.05) is 25.3 Å². The number of aromatic nitrogens is 1. The normalized spacial score (nSPS) is 18.6. The van der Waals surface area contributed by atoms with E-state index in [2.05, 4.69) is 29.1 Å². The van der Waals surface area contributed by atoms with Crippen LogP contribution in [0.4, 0.5) is 0 Å². The summed E-state index contributed by atoms with van der Waals surface area (Å²) in [5.41, 5.74) is 1.96. The molecule has 0 radical (unpaired) electrons. The van der Waals surface area contributed by atoms with Crippen LogP contribution in [0.15, 0.2) is 47.3 Å². The van der Waals surface area contributed by atoms with Gasteiger partial charge in [0.2, 0.25) is 0 Å². The second-order valence-corrected chi connectivity index (χ2v) is 6.97. The quantitative estimate of drug-likeness (QED) is 0.935. The third kappa shape index (κ3) is 3.66. The van der Waals surface area contributed by atoms with Crippen molar-refractivity contribution >= 4 is 5.91 Å². The SMILES string of the molecule is CC(C)c1ccc(C(=O)N2CCN(C)[C@@H](c3ccccc3)C2)c(=O)[nH]1. The lowest BCUT2D eigenvalue weighted by atomic mass is 10.0. The zero-order chi connectivity index (χ0) is 18.0. The van der Waals surface area contributed by atoms with Crippen molar-refractivity contribution in [3.05, 3.63) is 69.6 Å². The Morgan fingerprint density at radius 1 is 1.12 bits per heavy atom. The van der Waals surface area contributed by atoms with Gasteiger partial charge in [0.1, 0.15) is 5.56 Å². The van der Waals surface area contributed by atoms with Crippen LogP contribution in [0.5, 0.6) is 0 Å². The lowest BCUT2D eigenvalue weighted by Gasteiger charge is -2.39. The molecule has 1 aliphatic heterocycles. The molecule has 3 rings (SSSR count). The highest BCUT2D eigenvalue weighted by molar-refractivity contribution is 5.94. The largest absolute Gasteiger partial charge is 0.335 e. The summed E-state index contributed by atoms with van der Waals surface area (Å²) in [6.45, 7) is 6.03. The molecule has 2 heterocycles. The number of amides is 1. The summed E-state index contributed by atoms with van der Waals surface area (Å²) in [4.78, 5) is 32.1. The van der Waals surface area contributed by atoms with E-state index in [0.29, 0.717) is 13.1 Å². The van der Waals surface area contributed by atoms with E-state index in [1.54, 1.807) is 11.0 Å². The summed E-state index contributed by atoms with van der Waals surface area (Å²) >= 11 is 0. The number of nitrogens with zero attached hydrogens (tertiary/aromatic N) is 2. The van der Waals surface area contributed by atoms with Crippen LogP contribution in [0.1, 0.15) is 47.4 Å². The Kier molecular flexibility index (Phi) is 5.04. The predicted molar refractivity (Wildman–Crippen MR) is 98.9 cm³/mol. The summed E-state index contributed by atoms with van der Waals surface area (Å²) in [5, 5.41) is 0. The monoisotopic (exact) mass is 339 g/mol. The van der Waals surface area contributed by atoms with Crippen molar-refractivity contribution in [1.82, 2.24) is 14.8 Å². The maximum absolute atomic E-state index is 12.9. The number of aromatic amines is 1. The van der Waals surface area contributed by atoms with E-state index in [9.17, 15) is 9.59 Å². The van der Waals surface area contributed by atoms with Crippen LogP contribution in [0, 0.1) is 0 Å². The number of carbonyl (C=O) groups excluding carboxylic acids is 1. The third-order valence-corrected chi connectivity index (χ3v) is 4.90. The Morgan fingerprint density at radius 2 is 1.84 bits per heavy atom. The van der Waals surface area contributed by atoms with Crippen LogP contribution in [0.2, 0.25) is 0 Å². The average molecular weight is 339 g/mol. The van der Waals surface area contributed by atoms with Crippen molar-refractivity contribution in [2.75, 3.05) is 26.7 Å². The molecule has 1 atom stereocenters. The van der Waals surface area contributed by atoms with Gasteiger partial charge in [0.15, 0.2) is 0 Å². The minimum atomic E-state index is -0.300. The maximum atomic E-state index is 12.9. The van der Waals surface area contributed by atoms with Crippen LogP contribution in [0.3, 0.4) is 0 Å². The lowest BCUT2D eigenvalue weighted by molar-refractivity contribution is 0.0544. The molecule has 0 saturated carbocycles. The van der Waals surface area contributed by atoms with E-state index < -0.39 is 0 Å². The van der Waals surface area contributed by atoms with Gasteiger partial charge >= 0.3 is 0 Å². The Balaban J connectivity index is 1.82. The second-order valence-electron chi connectivity index (χ2n) is 6.97. The average Bonchev–Trinajstić information content (AvgIpc) is 2.62. The van der Waals surface area contributed by atoms with Crippen molar-refractivity contribution in [3.8, 4) is 0 Å². The number of H-pyrrole nitrogens is 1. The van der Waals surface area contributed by atoms with Gasteiger partial charge in [-0.2, -0.15) is 0 Å². The standard InChI is InChI=1S/C20H25N3O2/c1-14(2)17-10-9-16(19(24)21-17)20(25)23-12-11-22(3)18(13-23)15-7-5-4-6-8-15/h4-10,14,18H,11-13H2,1-3H3,(H,21,24)/t18-/m1/s1. The van der Waals surface area contributed by atoms with Crippen molar-refractivity contribution < 1.29 is 4.79 Å². The van der Waals surface area contributed by atoms with Crippen LogP contribution < -0.4 is 5.56 Å². The van der Waals surface area contributed by atoms with Crippen LogP contribution in [-0.2, 0) is 0 Å². The summed E-state index contributed by atoms with van der Waals surface area (Å²) < 4.78 is 0. The second kappa shape index (κ2) is 7.23. The lowest BCUT2D eigenvalue weighted by Crippen LogP contribution is -2.49. The van der Waals surface area contributed by atoms with Gasteiger partial charge in [-0.25, -0.2) is 0 Å². The Bertz CT molecular complexity index is 798. The predicted octanol–water partition coefficient (Wildman–Crippen LogP) is 2.63. The number of carbonyl (C=O) groups is 1. The topological polar surface area (TPSA) is 56.4 Å². The smallest absolute Gasteiger partial charge is 0.261 e. The van der Waals surface area contributed by atoms with Crippen LogP contribution >= 0.6 is 0 Å². The van der Waals surface area contributed by atoms with E-state index in [0.717, 1.165) is 12.2 Å². The van der Waals surface area contributed by atoms with E-state index >= 15 is 0 Å². The number of hydrogen-bond acceptors (Lipinski definition) is 3. The van der Waals surface area contributed by atoms with Crippen molar-refractivity contribution in [2.45, 2.75) is 25.8 Å². The van der Waals surface area contributed by atoms with E-state index in [1.807, 2.05) is 38.1 Å². The molecule has 0 bridgehead atoms. The molecule has 0 unspecified atom stereocenters. The number of nitrogens with one attached hydrogen (secondary N) is 1. The fraction of sp³-hybridized carbons (Fsp3) is 0.400. The number of piperazine rings is 1. The molecule has 132 valence electrons. The highest BCUT2D eigenvalue weighted by Crippen LogP contribution is 2.24. The highest BCUT2D eigenvalue weighted by atomic mass is 16.2. The zero-order valence-corrected chi connectivity index (χ0v) is 15.0. The fourth-order valence-electron chi connectivity index (χ4n) is 3.26. The van der Waals surface area contributed by atoms with E-state index in [1.165, 1.54) is 5.56 Å². The van der Waals surface area contributed by atoms with Gasteiger partial charge in [-0.1, -0.05) is 44.2 Å². The fourth-order valence-corrected chi connectivity index (χ4v) is 3.26. The number of likely N-dealkylation sites (N-methyl/N-ethyl adjacent to an activating group) is 1. The molecular formula is C20H25N3O2. The molecule has 1 aliphatic rings. The molecule has 1 aromatic heterocycles. The molecule has 1 N–H and O–H groups in total. The molecular weight excluding hydrogens is 314 g/mol. The maximum Gasteiger partial charge on any atom is 0.261 e. The Hall–Kier alpha value is -2.40. The minimum absolute atomic E-state index is 0.146. The van der Waals surface area contributed by atoms with Crippen LogP contribution in [0.25, 0.3) is 0 Å². The zero-order valence-electron chi connectivity index (χ0n) is 15.0. The van der Waals surface area contributed by atoms with Crippen LogP contribution in [-0.4, -0.2) is 47.4 Å². The number of rotatable bonds is 3. The Labute approximate surface area is 148 Å². The molecule has 2 aromatic rings. The first kappa shape index (κ1) is 17.4. The van der Waals surface area contributed by atoms with E-state index in [-0.39, 0.29) is 29.0 Å². The van der Waals surface area contributed by atoms with Gasteiger partial charge in [0.25, 0.3) is 11.5 Å². The summed E-state index contributed by atoms with van der Waals surface area (Å²) in [6, 6.07) is 13.8. The van der Waals surface area contributed by atoms with Gasteiger partial charge in [0.05, 0.1) is 6.04 Å². The Morgan fingerprint density at radius 3 is 2.48 bits per heavy atom. The van der Waals surface area contributed by atoms with Gasteiger partial charge in [-0.15, -0.1) is 0 Å². The third-order valence-electron chi connectivity index (χ3n) is 4.90. The first-order valence-electron chi connectivity index (χ1n) is 8.75. The molecule has 1 saturated heterocycles. The van der Waals surface area contributed by atoms with Gasteiger partial charge < -0.3 is 9.88 Å². The summed E-state index contributed by atoms with van der Waals surface area (Å²) in [7, 11) is 2.07. The number of benzene rings is 1. The summed E-state index contributed by atoms with van der Waals surface area (Å²) in [5.74, 6) is 0.0357. The molecule has 25 heavy (non-hydrogen) atoms. The number of pyridine rings is 1. The summed E-state index contributed by atoms with van der Waals surface area (Å²) in [6.07, 6.45) is 0. The molecule has 1 aromatic carbocycles. The first-order valence-corrected chi connectivity index (χ1v) is 8.75. The molecule has 0 aliphatic carbocycles. The molecule has 1 fully saturated rings. The molecule has 5 heteroatoms. The van der Waals surface area contributed by atoms with Crippen molar-refractivity contribution in [2.24, 2.45) is 0 Å². The first-order chi connectivity index (χ1) is 12.0. The van der Waals surface area contributed by atoms with Gasteiger partial charge in [-0.3, -0.25) is 14.5 Å². The minimum Gasteiger partial charge on any atom is -0.335 e. The molecule has 0 spiro atoms. The van der Waals surface area contributed by atoms with Crippen molar-refractivity contribution in [1.29, 1.82) is 0 Å². The molecule has 5 nitrogen and oxygen atoms in total. The molecule has 1 amide bonds. The highest BCUT2D eigenvalue weighted by Gasteiger charge is 2.29. The van der Waals surface area contributed by atoms with Crippen molar-refractivity contribution in [3.63, 3.8) is 0 Å². The number of hydrogen-bond donors (Lipinski definition) is 1.